The summed E-state index contributed by atoms with van der Waals surface area (Å²) in [7, 11) is 0. The van der Waals surface area contributed by atoms with Gasteiger partial charge in [-0.2, -0.15) is 0 Å². The van der Waals surface area contributed by atoms with Crippen molar-refractivity contribution in [1.29, 1.82) is 0 Å². The second-order valence-electron chi connectivity index (χ2n) is 5.71. The van der Waals surface area contributed by atoms with Crippen molar-refractivity contribution in [3.8, 4) is 11.1 Å². The van der Waals surface area contributed by atoms with Crippen LogP contribution in [-0.4, -0.2) is 20.6 Å². The molecule has 0 unspecified atom stereocenters. The average Bonchev–Trinajstić information content (AvgIpc) is 3.13. The molecule has 7 nitrogen and oxygen atoms in total. The number of H-pyrrole nitrogens is 1. The lowest BCUT2D eigenvalue weighted by Gasteiger charge is -2.10. The highest BCUT2D eigenvalue weighted by Gasteiger charge is 2.10. The van der Waals surface area contributed by atoms with E-state index in [1.807, 2.05) is 49.4 Å². The van der Waals surface area contributed by atoms with Crippen molar-refractivity contribution in [2.24, 2.45) is 0 Å². The summed E-state index contributed by atoms with van der Waals surface area (Å²) in [6.07, 6.45) is 0. The summed E-state index contributed by atoms with van der Waals surface area (Å²) in [6, 6.07) is 15.2. The molecular formula is C18H15N5O2. The maximum absolute atomic E-state index is 12.0. The molecule has 0 bridgehead atoms. The van der Waals surface area contributed by atoms with Gasteiger partial charge in [0.15, 0.2) is 5.82 Å². The van der Waals surface area contributed by atoms with Crippen LogP contribution in [0.2, 0.25) is 0 Å². The number of nitrogens with zero attached hydrogens (tertiary/aromatic N) is 3. The van der Waals surface area contributed by atoms with Crippen molar-refractivity contribution in [1.82, 2.24) is 20.6 Å². The van der Waals surface area contributed by atoms with Gasteiger partial charge in [0.25, 0.3) is 0 Å². The van der Waals surface area contributed by atoms with Crippen LogP contribution in [0.3, 0.4) is 0 Å². The van der Waals surface area contributed by atoms with Gasteiger partial charge in [-0.1, -0.05) is 24.3 Å². The van der Waals surface area contributed by atoms with E-state index in [2.05, 4.69) is 25.9 Å². The number of tetrazole rings is 1. The Kier molecular flexibility index (Phi) is 3.74. The molecule has 2 N–H and O–H groups in total. The van der Waals surface area contributed by atoms with Gasteiger partial charge in [0.05, 0.1) is 6.54 Å². The summed E-state index contributed by atoms with van der Waals surface area (Å²) in [5.74, 6) is 0.621. The predicted octanol–water partition coefficient (Wildman–Crippen LogP) is 2.89. The Morgan fingerprint density at radius 2 is 2.00 bits per heavy atom. The highest BCUT2D eigenvalue weighted by Crippen LogP contribution is 2.30. The van der Waals surface area contributed by atoms with Crippen molar-refractivity contribution in [2.75, 3.05) is 5.32 Å². The molecule has 0 aliphatic heterocycles. The van der Waals surface area contributed by atoms with E-state index in [9.17, 15) is 4.79 Å². The number of rotatable bonds is 4. The molecule has 4 aromatic rings. The summed E-state index contributed by atoms with van der Waals surface area (Å²) in [6.45, 7) is 2.47. The van der Waals surface area contributed by atoms with Gasteiger partial charge in [-0.15, -0.1) is 5.10 Å². The second-order valence-corrected chi connectivity index (χ2v) is 5.71. The zero-order valence-electron chi connectivity index (χ0n) is 13.5. The molecular weight excluding hydrogens is 318 g/mol. The number of fused-ring (bicyclic) bond motifs is 1. The molecule has 4 rings (SSSR count). The number of aromatic nitrogens is 4. The number of benzene rings is 2. The second kappa shape index (κ2) is 6.20. The van der Waals surface area contributed by atoms with Crippen LogP contribution in [0.15, 0.2) is 57.7 Å². The van der Waals surface area contributed by atoms with Crippen LogP contribution in [0.25, 0.3) is 22.1 Å². The van der Waals surface area contributed by atoms with E-state index in [0.29, 0.717) is 18.0 Å². The van der Waals surface area contributed by atoms with Crippen molar-refractivity contribution in [3.05, 3.63) is 70.3 Å². The molecule has 124 valence electrons. The van der Waals surface area contributed by atoms with Gasteiger partial charge in [0, 0.05) is 28.8 Å². The Balaban J connectivity index is 1.76. The molecule has 2 aromatic heterocycles. The lowest BCUT2D eigenvalue weighted by Crippen LogP contribution is -2.03. The Hall–Kier alpha value is -3.48. The molecule has 0 amide bonds. The van der Waals surface area contributed by atoms with Crippen LogP contribution in [-0.2, 0) is 6.54 Å². The Morgan fingerprint density at radius 3 is 2.80 bits per heavy atom. The number of aromatic amines is 1. The molecule has 0 spiro atoms. The largest absolute Gasteiger partial charge is 0.423 e. The fourth-order valence-corrected chi connectivity index (χ4v) is 2.81. The number of hydrogen-bond acceptors (Lipinski definition) is 6. The van der Waals surface area contributed by atoms with E-state index in [-0.39, 0.29) is 5.63 Å². The number of anilines is 1. The van der Waals surface area contributed by atoms with Gasteiger partial charge in [0.2, 0.25) is 0 Å². The number of nitrogens with one attached hydrogen (secondary N) is 2. The monoisotopic (exact) mass is 333 g/mol. The first-order valence-corrected chi connectivity index (χ1v) is 7.81. The zero-order chi connectivity index (χ0) is 17.2. The zero-order valence-corrected chi connectivity index (χ0v) is 13.5. The van der Waals surface area contributed by atoms with E-state index in [1.165, 1.54) is 6.07 Å². The molecule has 0 atom stereocenters. The Bertz CT molecular complexity index is 1090. The molecule has 25 heavy (non-hydrogen) atoms. The van der Waals surface area contributed by atoms with E-state index in [1.54, 1.807) is 0 Å². The van der Waals surface area contributed by atoms with E-state index in [0.717, 1.165) is 27.8 Å². The first-order valence-electron chi connectivity index (χ1n) is 7.81. The minimum atomic E-state index is -0.373. The summed E-state index contributed by atoms with van der Waals surface area (Å²) < 4.78 is 5.40. The maximum Gasteiger partial charge on any atom is 0.336 e. The van der Waals surface area contributed by atoms with Gasteiger partial charge in [-0.25, -0.2) is 9.89 Å². The van der Waals surface area contributed by atoms with Gasteiger partial charge in [-0.3, -0.25) is 0 Å². The molecule has 0 saturated carbocycles. The Morgan fingerprint density at radius 1 is 1.12 bits per heavy atom. The topological polar surface area (TPSA) is 96.7 Å². The highest BCUT2D eigenvalue weighted by molar-refractivity contribution is 5.95. The van der Waals surface area contributed by atoms with E-state index < -0.39 is 0 Å². The average molecular weight is 333 g/mol. The highest BCUT2D eigenvalue weighted by atomic mass is 16.4. The van der Waals surface area contributed by atoms with Gasteiger partial charge in [0.1, 0.15) is 5.58 Å². The molecule has 0 fully saturated rings. The van der Waals surface area contributed by atoms with Crippen molar-refractivity contribution < 1.29 is 4.42 Å². The van der Waals surface area contributed by atoms with Gasteiger partial charge in [-0.05, 0) is 40.6 Å². The van der Waals surface area contributed by atoms with Crippen molar-refractivity contribution >= 4 is 16.7 Å². The summed E-state index contributed by atoms with van der Waals surface area (Å²) >= 11 is 0. The minimum absolute atomic E-state index is 0.373. The minimum Gasteiger partial charge on any atom is -0.423 e. The molecule has 2 aromatic carbocycles. The summed E-state index contributed by atoms with van der Waals surface area (Å²) in [5, 5.41) is 17.6. The van der Waals surface area contributed by atoms with Crippen molar-refractivity contribution in [2.45, 2.75) is 13.5 Å². The SMILES string of the molecule is Cc1ccccc1-c1cc(=O)oc2cc(NCc3nnn[nH]3)ccc12. The normalized spacial score (nSPS) is 10.9. The number of aryl methyl sites for hydroxylation is 1. The molecule has 0 saturated heterocycles. The third kappa shape index (κ3) is 2.99. The van der Waals surface area contributed by atoms with Crippen molar-refractivity contribution in [3.63, 3.8) is 0 Å². The lowest BCUT2D eigenvalue weighted by molar-refractivity contribution is 0.561. The van der Waals surface area contributed by atoms with Crippen LogP contribution < -0.4 is 10.9 Å². The Labute approximate surface area is 142 Å². The van der Waals surface area contributed by atoms with Crippen LogP contribution in [0, 0.1) is 6.92 Å². The summed E-state index contributed by atoms with van der Waals surface area (Å²) in [4.78, 5) is 12.0. The molecule has 0 aliphatic rings. The molecule has 0 aliphatic carbocycles. The standard InChI is InChI=1S/C18H15N5O2/c1-11-4-2-3-5-13(11)15-9-18(24)25-16-8-12(6-7-14(15)16)19-10-17-20-22-23-21-17/h2-9,19H,10H2,1H3,(H,20,21,22,23). The third-order valence-electron chi connectivity index (χ3n) is 4.03. The fourth-order valence-electron chi connectivity index (χ4n) is 2.81. The first-order chi connectivity index (χ1) is 12.2. The quantitative estimate of drug-likeness (QED) is 0.557. The fraction of sp³-hybridized carbons (Fsp3) is 0.111. The molecule has 7 heteroatoms. The van der Waals surface area contributed by atoms with Crippen LogP contribution >= 0.6 is 0 Å². The first kappa shape index (κ1) is 15.1. The third-order valence-corrected chi connectivity index (χ3v) is 4.03. The van der Waals surface area contributed by atoms with Gasteiger partial charge >= 0.3 is 5.63 Å². The van der Waals surface area contributed by atoms with E-state index >= 15 is 0 Å². The van der Waals surface area contributed by atoms with Crippen LogP contribution in [0.4, 0.5) is 5.69 Å². The summed E-state index contributed by atoms with van der Waals surface area (Å²) in [5.41, 5.74) is 3.97. The molecule has 0 radical (unpaired) electrons. The lowest BCUT2D eigenvalue weighted by atomic mass is 9.98. The number of hydrogen-bond donors (Lipinski definition) is 2. The smallest absolute Gasteiger partial charge is 0.336 e. The van der Waals surface area contributed by atoms with Crippen LogP contribution in [0.1, 0.15) is 11.4 Å². The van der Waals surface area contributed by atoms with Gasteiger partial charge < -0.3 is 9.73 Å². The van der Waals surface area contributed by atoms with Crippen LogP contribution in [0.5, 0.6) is 0 Å². The predicted molar refractivity (Wildman–Crippen MR) is 94.2 cm³/mol. The van der Waals surface area contributed by atoms with E-state index in [4.69, 9.17) is 4.42 Å². The molecule has 2 heterocycles. The maximum atomic E-state index is 12.0.